The van der Waals surface area contributed by atoms with Gasteiger partial charge in [-0.3, -0.25) is 9.59 Å². The van der Waals surface area contributed by atoms with Crippen LogP contribution in [-0.4, -0.2) is 63.9 Å². The van der Waals surface area contributed by atoms with Crippen LogP contribution in [0.5, 0.6) is 0 Å². The predicted molar refractivity (Wildman–Crippen MR) is 126 cm³/mol. The second-order valence-corrected chi connectivity index (χ2v) is 7.46. The Morgan fingerprint density at radius 3 is 1.97 bits per heavy atom. The molecule has 3 N–H and O–H groups in total. The molecule has 0 radical (unpaired) electrons. The number of carboxylic acid groups (broad SMARTS) is 2. The Morgan fingerprint density at radius 2 is 1.55 bits per heavy atom. The molecule has 0 aromatic heterocycles. The van der Waals surface area contributed by atoms with Gasteiger partial charge in [-0.15, -0.1) is 0 Å². The van der Waals surface area contributed by atoms with Crippen LogP contribution in [0.15, 0.2) is 0 Å². The lowest BCUT2D eigenvalue weighted by Gasteiger charge is -2.27. The highest BCUT2D eigenvalue weighted by Crippen LogP contribution is 2.22. The van der Waals surface area contributed by atoms with E-state index >= 15 is 0 Å². The van der Waals surface area contributed by atoms with Gasteiger partial charge < -0.3 is 25.2 Å². The summed E-state index contributed by atoms with van der Waals surface area (Å²) in [6, 6.07) is 0.0230. The SMILES string of the molecule is C.C.CC(C)(C)OC(=O)N1CCC[C@H]1CC(=O)O.O=C(O)C[C@@H]1CCCN1.S.S. The molecule has 176 valence electrons. The molecule has 0 aliphatic carbocycles. The van der Waals surface area contributed by atoms with Gasteiger partial charge >= 0.3 is 18.0 Å². The number of nitrogens with zero attached hydrogens (tertiary/aromatic N) is 1. The van der Waals surface area contributed by atoms with Crippen LogP contribution in [0.4, 0.5) is 4.79 Å². The molecule has 2 aliphatic heterocycles. The van der Waals surface area contributed by atoms with Crippen LogP contribution in [0.3, 0.4) is 0 Å². The minimum absolute atomic E-state index is 0. The molecule has 1 amide bonds. The van der Waals surface area contributed by atoms with Crippen molar-refractivity contribution >= 4 is 45.0 Å². The topological polar surface area (TPSA) is 116 Å². The van der Waals surface area contributed by atoms with E-state index in [1.165, 1.54) is 4.90 Å². The lowest BCUT2D eigenvalue weighted by atomic mass is 10.1. The summed E-state index contributed by atoms with van der Waals surface area (Å²) in [5, 5.41) is 20.2. The van der Waals surface area contributed by atoms with Crippen LogP contribution in [0.25, 0.3) is 0 Å². The lowest BCUT2D eigenvalue weighted by Crippen LogP contribution is -2.40. The third kappa shape index (κ3) is 15.4. The quantitative estimate of drug-likeness (QED) is 0.589. The Kier molecular flexibility index (Phi) is 20.3. The van der Waals surface area contributed by atoms with Crippen molar-refractivity contribution in [2.75, 3.05) is 13.1 Å². The first-order valence-electron chi connectivity index (χ1n) is 8.75. The summed E-state index contributed by atoms with van der Waals surface area (Å²) in [5.74, 6) is -1.57. The molecule has 0 spiro atoms. The minimum atomic E-state index is -0.875. The fraction of sp³-hybridized carbons (Fsp3) is 0.842. The highest BCUT2D eigenvalue weighted by atomic mass is 32.1. The highest BCUT2D eigenvalue weighted by molar-refractivity contribution is 7.59. The maximum Gasteiger partial charge on any atom is 0.410 e. The Bertz CT molecular complexity index is 480. The zero-order valence-electron chi connectivity index (χ0n) is 16.3. The largest absolute Gasteiger partial charge is 0.481 e. The third-order valence-corrected chi connectivity index (χ3v) is 4.00. The van der Waals surface area contributed by atoms with Gasteiger partial charge in [-0.1, -0.05) is 14.9 Å². The number of hydrogen-bond acceptors (Lipinski definition) is 5. The van der Waals surface area contributed by atoms with Gasteiger partial charge in [0, 0.05) is 18.6 Å². The van der Waals surface area contributed by atoms with Crippen LogP contribution < -0.4 is 5.32 Å². The first-order valence-corrected chi connectivity index (χ1v) is 8.75. The van der Waals surface area contributed by atoms with E-state index in [9.17, 15) is 14.4 Å². The van der Waals surface area contributed by atoms with E-state index in [0.29, 0.717) is 6.54 Å². The van der Waals surface area contributed by atoms with Gasteiger partial charge in [-0.2, -0.15) is 27.0 Å². The summed E-state index contributed by atoms with van der Waals surface area (Å²) >= 11 is 0. The summed E-state index contributed by atoms with van der Waals surface area (Å²) in [6.07, 6.45) is 3.60. The van der Waals surface area contributed by atoms with Crippen LogP contribution in [0.1, 0.15) is 74.1 Å². The average molecular weight is 459 g/mol. The van der Waals surface area contributed by atoms with Crippen molar-refractivity contribution in [2.45, 2.75) is 91.8 Å². The predicted octanol–water partition coefficient (Wildman–Crippen LogP) is 3.57. The Balaban J connectivity index is -0.000000210. The smallest absolute Gasteiger partial charge is 0.410 e. The van der Waals surface area contributed by atoms with Crippen molar-refractivity contribution < 1.29 is 29.3 Å². The second-order valence-electron chi connectivity index (χ2n) is 7.46. The first-order chi connectivity index (χ1) is 11.6. The van der Waals surface area contributed by atoms with Crippen molar-refractivity contribution in [3.05, 3.63) is 0 Å². The van der Waals surface area contributed by atoms with Gasteiger partial charge in [-0.25, -0.2) is 4.79 Å². The summed E-state index contributed by atoms with van der Waals surface area (Å²) in [6.45, 7) is 6.97. The van der Waals surface area contributed by atoms with Crippen molar-refractivity contribution in [1.29, 1.82) is 0 Å². The summed E-state index contributed by atoms with van der Waals surface area (Å²) in [5.41, 5.74) is -0.534. The molecule has 0 bridgehead atoms. The molecule has 2 atom stereocenters. The summed E-state index contributed by atoms with van der Waals surface area (Å²) in [7, 11) is 0. The molecule has 10 heteroatoms. The zero-order chi connectivity index (χ0) is 19.0. The van der Waals surface area contributed by atoms with Crippen molar-refractivity contribution in [1.82, 2.24) is 10.2 Å². The fourth-order valence-electron chi connectivity index (χ4n) is 2.95. The molecule has 0 aromatic carbocycles. The number of hydrogen-bond donors (Lipinski definition) is 3. The van der Waals surface area contributed by atoms with Gasteiger partial charge in [-0.05, 0) is 53.0 Å². The van der Waals surface area contributed by atoms with Crippen molar-refractivity contribution in [3.63, 3.8) is 0 Å². The summed E-state index contributed by atoms with van der Waals surface area (Å²) in [4.78, 5) is 34.0. The van der Waals surface area contributed by atoms with E-state index in [1.54, 1.807) is 20.8 Å². The molecule has 2 rings (SSSR count). The fourth-order valence-corrected chi connectivity index (χ4v) is 2.95. The molecule has 2 heterocycles. The molecule has 8 nitrogen and oxygen atoms in total. The van der Waals surface area contributed by atoms with E-state index in [2.05, 4.69) is 5.32 Å². The number of nitrogens with one attached hydrogen (secondary N) is 1. The van der Waals surface area contributed by atoms with E-state index in [-0.39, 0.29) is 66.8 Å². The molecule has 29 heavy (non-hydrogen) atoms. The number of amides is 1. The number of aliphatic carboxylic acids is 2. The van der Waals surface area contributed by atoms with Crippen LogP contribution in [0.2, 0.25) is 0 Å². The van der Waals surface area contributed by atoms with Crippen LogP contribution in [-0.2, 0) is 14.3 Å². The molecule has 2 saturated heterocycles. The molecule has 2 fully saturated rings. The standard InChI is InChI=1S/C11H19NO4.C6H11NO2.2CH4.2H2S/c1-11(2,3)16-10(15)12-6-4-5-8(12)7-9(13)14;8-6(9)4-5-2-1-3-7-5;;;;/h8H,4-7H2,1-3H3,(H,13,14);5,7H,1-4H2,(H,8,9);2*1H4;2*1H2/t8-;5-;;;;/m00..../s1. The average Bonchev–Trinajstić information content (AvgIpc) is 3.07. The molecular weight excluding hydrogens is 416 g/mol. The first kappa shape index (κ1) is 35.3. The Morgan fingerprint density at radius 1 is 1.00 bits per heavy atom. The van der Waals surface area contributed by atoms with Crippen LogP contribution >= 0.6 is 27.0 Å². The molecule has 0 unspecified atom stereocenters. The lowest BCUT2D eigenvalue weighted by molar-refractivity contribution is -0.138. The number of rotatable bonds is 4. The molecule has 2 aliphatic rings. The Labute approximate surface area is 189 Å². The van der Waals surface area contributed by atoms with Gasteiger partial charge in [0.2, 0.25) is 0 Å². The highest BCUT2D eigenvalue weighted by Gasteiger charge is 2.33. The van der Waals surface area contributed by atoms with E-state index < -0.39 is 23.6 Å². The Hall–Kier alpha value is -1.13. The van der Waals surface area contributed by atoms with E-state index in [4.69, 9.17) is 14.9 Å². The number of carbonyl (C=O) groups excluding carboxylic acids is 1. The van der Waals surface area contributed by atoms with E-state index in [0.717, 1.165) is 32.2 Å². The normalized spacial score (nSPS) is 19.8. The molecule has 0 saturated carbocycles. The van der Waals surface area contributed by atoms with Gasteiger partial charge in [0.25, 0.3) is 0 Å². The third-order valence-electron chi connectivity index (χ3n) is 4.00. The maximum atomic E-state index is 11.8. The van der Waals surface area contributed by atoms with Gasteiger partial charge in [0.05, 0.1) is 12.8 Å². The molecular formula is C19H42N2O6S2. The molecule has 0 aromatic rings. The van der Waals surface area contributed by atoms with Crippen molar-refractivity contribution in [3.8, 4) is 0 Å². The maximum absolute atomic E-state index is 11.8. The van der Waals surface area contributed by atoms with Crippen molar-refractivity contribution in [2.24, 2.45) is 0 Å². The van der Waals surface area contributed by atoms with E-state index in [1.807, 2.05) is 0 Å². The number of carbonyl (C=O) groups is 3. The monoisotopic (exact) mass is 458 g/mol. The minimum Gasteiger partial charge on any atom is -0.481 e. The summed E-state index contributed by atoms with van der Waals surface area (Å²) < 4.78 is 5.23. The van der Waals surface area contributed by atoms with Crippen LogP contribution in [0, 0.1) is 0 Å². The number of carboxylic acids is 2. The number of ether oxygens (including phenoxy) is 1. The van der Waals surface area contributed by atoms with Gasteiger partial charge in [0.1, 0.15) is 5.60 Å². The second kappa shape index (κ2) is 16.6. The number of likely N-dealkylation sites (tertiary alicyclic amines) is 1. The van der Waals surface area contributed by atoms with Gasteiger partial charge in [0.15, 0.2) is 0 Å². The zero-order valence-corrected chi connectivity index (χ0v) is 18.3.